The predicted octanol–water partition coefficient (Wildman–Crippen LogP) is 3.96. The van der Waals surface area contributed by atoms with Gasteiger partial charge in [-0.2, -0.15) is 26.3 Å². The van der Waals surface area contributed by atoms with Crippen LogP contribution in [0.3, 0.4) is 0 Å². The first-order valence-electron chi connectivity index (χ1n) is 3.78. The van der Waals surface area contributed by atoms with E-state index in [-0.39, 0.29) is 0 Å². The molecule has 0 bridgehead atoms. The molecule has 0 saturated heterocycles. The Hall–Kier alpha value is -1.09. The first-order chi connectivity index (χ1) is 7.33. The molecule has 0 aliphatic carbocycles. The lowest BCUT2D eigenvalue weighted by Gasteiger charge is -2.32. The first kappa shape index (κ1) is 15.9. The second kappa shape index (κ2) is 4.65. The van der Waals surface area contributed by atoms with E-state index < -0.39 is 43.4 Å². The zero-order chi connectivity index (χ0) is 14.1. The van der Waals surface area contributed by atoms with Crippen molar-refractivity contribution in [2.24, 2.45) is 0 Å². The fourth-order valence-electron chi connectivity index (χ4n) is 0.520. The Morgan fingerprint density at radius 3 is 1.59 bits per heavy atom. The smallest absolute Gasteiger partial charge is 0.437 e. The molecular weight excluding hydrogens is 271 g/mol. The van der Waals surface area contributed by atoms with Crippen molar-refractivity contribution in [1.82, 2.24) is 0 Å². The van der Waals surface area contributed by atoms with Gasteiger partial charge in [-0.3, -0.25) is 0 Å². The molecular formula is C7H5F9O. The van der Waals surface area contributed by atoms with Gasteiger partial charge in [-0.1, -0.05) is 0 Å². The minimum Gasteiger partial charge on any atom is -0.473 e. The van der Waals surface area contributed by atoms with Gasteiger partial charge in [-0.05, 0) is 6.92 Å². The van der Waals surface area contributed by atoms with E-state index in [1.807, 2.05) is 0 Å². The standard InChI is InChI=1S/C7H5F9O/c1-5(6(11,12)13,7(14,15)16)17-2-3(8)4(9)10/h2,4H,1H3/b3-2-. The average Bonchev–Trinajstić information content (AvgIpc) is 2.09. The lowest BCUT2D eigenvalue weighted by molar-refractivity contribution is -0.361. The van der Waals surface area contributed by atoms with Crippen LogP contribution in [0.25, 0.3) is 0 Å². The fourth-order valence-corrected chi connectivity index (χ4v) is 0.520. The Morgan fingerprint density at radius 2 is 1.35 bits per heavy atom. The van der Waals surface area contributed by atoms with E-state index in [4.69, 9.17) is 0 Å². The van der Waals surface area contributed by atoms with E-state index in [9.17, 15) is 39.5 Å². The van der Waals surface area contributed by atoms with Gasteiger partial charge in [-0.15, -0.1) is 0 Å². The van der Waals surface area contributed by atoms with Crippen molar-refractivity contribution in [1.29, 1.82) is 0 Å². The van der Waals surface area contributed by atoms with Gasteiger partial charge < -0.3 is 4.74 Å². The van der Waals surface area contributed by atoms with Crippen LogP contribution in [0.1, 0.15) is 6.92 Å². The van der Waals surface area contributed by atoms with Gasteiger partial charge in [0, 0.05) is 0 Å². The number of allylic oxidation sites excluding steroid dienone is 1. The molecule has 1 nitrogen and oxygen atoms in total. The van der Waals surface area contributed by atoms with Crippen LogP contribution in [-0.4, -0.2) is 24.4 Å². The van der Waals surface area contributed by atoms with E-state index in [1.165, 1.54) is 0 Å². The van der Waals surface area contributed by atoms with Crippen LogP contribution in [0.2, 0.25) is 0 Å². The number of hydrogen-bond donors (Lipinski definition) is 0. The summed E-state index contributed by atoms with van der Waals surface area (Å²) < 4.78 is 111. The zero-order valence-corrected chi connectivity index (χ0v) is 7.96. The first-order valence-corrected chi connectivity index (χ1v) is 3.78. The van der Waals surface area contributed by atoms with E-state index in [1.54, 1.807) is 0 Å². The predicted molar refractivity (Wildman–Crippen MR) is 36.8 cm³/mol. The fraction of sp³-hybridized carbons (Fsp3) is 0.714. The van der Waals surface area contributed by atoms with Gasteiger partial charge in [0.15, 0.2) is 0 Å². The summed E-state index contributed by atoms with van der Waals surface area (Å²) in [5.74, 6) is -2.54. The molecule has 0 rings (SSSR count). The maximum Gasteiger partial charge on any atom is 0.437 e. The van der Waals surface area contributed by atoms with Crippen molar-refractivity contribution in [2.45, 2.75) is 31.3 Å². The number of ether oxygens (including phenoxy) is 1. The monoisotopic (exact) mass is 276 g/mol. The minimum atomic E-state index is -5.94. The number of rotatable bonds is 3. The van der Waals surface area contributed by atoms with Gasteiger partial charge >= 0.3 is 12.4 Å². The summed E-state index contributed by atoms with van der Waals surface area (Å²) in [6, 6.07) is 0. The van der Waals surface area contributed by atoms with E-state index in [2.05, 4.69) is 4.74 Å². The van der Waals surface area contributed by atoms with Gasteiger partial charge in [0.25, 0.3) is 12.0 Å². The van der Waals surface area contributed by atoms with Gasteiger partial charge in [0.05, 0.1) is 0 Å². The lowest BCUT2D eigenvalue weighted by atomic mass is 10.1. The number of alkyl halides is 8. The summed E-state index contributed by atoms with van der Waals surface area (Å²) >= 11 is 0. The van der Waals surface area contributed by atoms with Crippen LogP contribution in [0, 0.1) is 0 Å². The summed E-state index contributed by atoms with van der Waals surface area (Å²) in [5.41, 5.74) is -4.76. The second-order valence-corrected chi connectivity index (χ2v) is 2.95. The van der Waals surface area contributed by atoms with Crippen LogP contribution in [0.4, 0.5) is 39.5 Å². The number of hydrogen-bond acceptors (Lipinski definition) is 1. The van der Waals surface area contributed by atoms with Crippen molar-refractivity contribution in [3.05, 3.63) is 12.1 Å². The molecule has 0 radical (unpaired) electrons. The van der Waals surface area contributed by atoms with E-state index >= 15 is 0 Å². The lowest BCUT2D eigenvalue weighted by Crippen LogP contribution is -2.55. The molecule has 0 aromatic rings. The summed E-state index contributed by atoms with van der Waals surface area (Å²) in [5, 5.41) is 0. The van der Waals surface area contributed by atoms with Gasteiger partial charge in [0.2, 0.25) is 5.83 Å². The highest BCUT2D eigenvalue weighted by molar-refractivity contribution is 4.97. The molecule has 0 spiro atoms. The third-order valence-corrected chi connectivity index (χ3v) is 1.70. The van der Waals surface area contributed by atoms with Crippen molar-refractivity contribution < 1.29 is 44.3 Å². The van der Waals surface area contributed by atoms with E-state index in [0.29, 0.717) is 0 Å². The van der Waals surface area contributed by atoms with Gasteiger partial charge in [0.1, 0.15) is 6.26 Å². The maximum absolute atomic E-state index is 12.1. The van der Waals surface area contributed by atoms with Crippen molar-refractivity contribution in [2.75, 3.05) is 0 Å². The molecule has 0 heterocycles. The molecule has 10 heteroatoms. The van der Waals surface area contributed by atoms with Crippen molar-refractivity contribution in [3.8, 4) is 0 Å². The Balaban J connectivity index is 5.21. The summed E-state index contributed by atoms with van der Waals surface area (Å²) in [6.45, 7) is -0.442. The van der Waals surface area contributed by atoms with Crippen molar-refractivity contribution >= 4 is 0 Å². The molecule has 0 N–H and O–H groups in total. The topological polar surface area (TPSA) is 9.23 Å². The Kier molecular flexibility index (Phi) is 4.35. The highest BCUT2D eigenvalue weighted by Gasteiger charge is 2.70. The Bertz CT molecular complexity index is 273. The molecule has 0 unspecified atom stereocenters. The van der Waals surface area contributed by atoms with Crippen LogP contribution in [0.5, 0.6) is 0 Å². The Morgan fingerprint density at radius 1 is 1.00 bits per heavy atom. The summed E-state index contributed by atoms with van der Waals surface area (Å²) in [6.07, 6.45) is -16.6. The molecule has 0 saturated carbocycles. The van der Waals surface area contributed by atoms with Crippen LogP contribution in [0.15, 0.2) is 12.1 Å². The molecule has 0 aromatic heterocycles. The van der Waals surface area contributed by atoms with E-state index in [0.717, 1.165) is 0 Å². The summed E-state index contributed by atoms with van der Waals surface area (Å²) in [7, 11) is 0. The van der Waals surface area contributed by atoms with Crippen LogP contribution < -0.4 is 0 Å². The minimum absolute atomic E-state index is 0.442. The normalized spacial score (nSPS) is 15.4. The molecule has 0 amide bonds. The molecule has 0 aliphatic rings. The largest absolute Gasteiger partial charge is 0.473 e. The number of halogens is 9. The molecule has 102 valence electrons. The van der Waals surface area contributed by atoms with Crippen molar-refractivity contribution in [3.63, 3.8) is 0 Å². The SMILES string of the molecule is CC(O/C=C(\F)C(F)F)(C(F)(F)F)C(F)(F)F. The Labute approximate surface area is 88.8 Å². The summed E-state index contributed by atoms with van der Waals surface area (Å²) in [4.78, 5) is 0. The maximum atomic E-state index is 12.1. The highest BCUT2D eigenvalue weighted by Crippen LogP contribution is 2.45. The third kappa shape index (κ3) is 3.43. The molecule has 0 aliphatic heterocycles. The quantitative estimate of drug-likeness (QED) is 0.560. The van der Waals surface area contributed by atoms with Gasteiger partial charge in [-0.25, -0.2) is 13.2 Å². The second-order valence-electron chi connectivity index (χ2n) is 2.95. The molecule has 0 atom stereocenters. The van der Waals surface area contributed by atoms with Crippen LogP contribution in [-0.2, 0) is 4.74 Å². The zero-order valence-electron chi connectivity index (χ0n) is 7.96. The molecule has 17 heavy (non-hydrogen) atoms. The average molecular weight is 276 g/mol. The molecule has 0 aromatic carbocycles. The third-order valence-electron chi connectivity index (χ3n) is 1.70. The highest BCUT2D eigenvalue weighted by atomic mass is 19.4. The molecule has 0 fully saturated rings. The van der Waals surface area contributed by atoms with Crippen LogP contribution >= 0.6 is 0 Å².